The summed E-state index contributed by atoms with van der Waals surface area (Å²) in [5.74, 6) is 0. The van der Waals surface area contributed by atoms with Gasteiger partial charge in [-0.1, -0.05) is 65.5 Å². The molecule has 0 nitrogen and oxygen atoms in total. The van der Waals surface area contributed by atoms with Crippen molar-refractivity contribution in [2.75, 3.05) is 0 Å². The highest BCUT2D eigenvalue weighted by atomic mass is 14.3. The smallest absolute Gasteiger partial charge is 0.00998 e. The third kappa shape index (κ3) is 4.35. The molecule has 0 saturated carbocycles. The van der Waals surface area contributed by atoms with Gasteiger partial charge in [0.25, 0.3) is 0 Å². The maximum atomic E-state index is 4.36. The van der Waals surface area contributed by atoms with E-state index in [1.165, 1.54) is 39.8 Å². The Bertz CT molecular complexity index is 554. The van der Waals surface area contributed by atoms with Crippen LogP contribution in [0.15, 0.2) is 30.9 Å². The van der Waals surface area contributed by atoms with E-state index in [4.69, 9.17) is 0 Å². The van der Waals surface area contributed by atoms with Crippen molar-refractivity contribution < 1.29 is 0 Å². The lowest BCUT2D eigenvalue weighted by atomic mass is 9.76. The number of hydrogen-bond donors (Lipinski definition) is 0. The Morgan fingerprint density at radius 2 is 1.41 bits per heavy atom. The van der Waals surface area contributed by atoms with Gasteiger partial charge in [0.1, 0.15) is 0 Å². The van der Waals surface area contributed by atoms with E-state index in [0.717, 1.165) is 6.42 Å². The molecule has 0 bridgehead atoms. The highest BCUT2D eigenvalue weighted by Gasteiger charge is 2.23. The van der Waals surface area contributed by atoms with E-state index in [0.29, 0.717) is 5.41 Å². The van der Waals surface area contributed by atoms with Crippen LogP contribution in [0.1, 0.15) is 76.6 Å². The van der Waals surface area contributed by atoms with Crippen molar-refractivity contribution >= 4 is 5.57 Å². The van der Waals surface area contributed by atoms with E-state index in [2.05, 4.69) is 80.7 Å². The molecule has 0 amide bonds. The predicted octanol–water partition coefficient (Wildman–Crippen LogP) is 7.00. The van der Waals surface area contributed by atoms with Gasteiger partial charge in [-0.25, -0.2) is 0 Å². The molecule has 0 aliphatic rings. The van der Waals surface area contributed by atoms with Crippen molar-refractivity contribution in [1.82, 2.24) is 0 Å². The summed E-state index contributed by atoms with van der Waals surface area (Å²) < 4.78 is 0. The van der Waals surface area contributed by atoms with Gasteiger partial charge < -0.3 is 0 Å². The minimum absolute atomic E-state index is 0.0147. The summed E-state index contributed by atoms with van der Waals surface area (Å²) >= 11 is 0. The first kappa shape index (κ1) is 18.7. The molecule has 0 atom stereocenters. The summed E-state index contributed by atoms with van der Waals surface area (Å²) in [6.45, 7) is 26.4. The fourth-order valence-corrected chi connectivity index (χ4v) is 2.78. The molecule has 0 N–H and O–H groups in total. The molecule has 0 aromatic heterocycles. The minimum atomic E-state index is 0.0147. The first-order chi connectivity index (χ1) is 9.86. The van der Waals surface area contributed by atoms with Crippen LogP contribution >= 0.6 is 0 Å². The summed E-state index contributed by atoms with van der Waals surface area (Å²) in [5.41, 5.74) is 8.21. The van der Waals surface area contributed by atoms with Crippen molar-refractivity contribution in [3.05, 3.63) is 53.1 Å². The molecule has 1 aromatic rings. The SMILES string of the molecule is C=C(CCC(C)(C)C)c1c(C)cc(C(C)(C)C(=C)C)cc1C. The monoisotopic (exact) mass is 298 g/mol. The average molecular weight is 299 g/mol. The van der Waals surface area contributed by atoms with Crippen LogP contribution in [0.5, 0.6) is 0 Å². The van der Waals surface area contributed by atoms with Gasteiger partial charge in [0.05, 0.1) is 0 Å². The molecule has 0 aliphatic carbocycles. The van der Waals surface area contributed by atoms with Crippen molar-refractivity contribution in [2.24, 2.45) is 5.41 Å². The minimum Gasteiger partial charge on any atom is -0.0993 e. The highest BCUT2D eigenvalue weighted by molar-refractivity contribution is 5.70. The lowest BCUT2D eigenvalue weighted by Crippen LogP contribution is -2.19. The molecule has 0 aliphatic heterocycles. The largest absolute Gasteiger partial charge is 0.0993 e. The molecule has 122 valence electrons. The first-order valence-electron chi connectivity index (χ1n) is 8.32. The second-order valence-electron chi connectivity index (χ2n) is 8.55. The Kier molecular flexibility index (Phi) is 5.49. The molecule has 0 saturated heterocycles. The molecule has 22 heavy (non-hydrogen) atoms. The summed E-state index contributed by atoms with van der Waals surface area (Å²) in [4.78, 5) is 0. The Morgan fingerprint density at radius 1 is 0.955 bits per heavy atom. The van der Waals surface area contributed by atoms with Crippen LogP contribution < -0.4 is 0 Å². The van der Waals surface area contributed by atoms with Gasteiger partial charge >= 0.3 is 0 Å². The summed E-state index contributed by atoms with van der Waals surface area (Å²) in [5, 5.41) is 0. The van der Waals surface area contributed by atoms with Gasteiger partial charge in [-0.05, 0) is 66.9 Å². The van der Waals surface area contributed by atoms with Crippen LogP contribution in [0.2, 0.25) is 0 Å². The third-order valence-electron chi connectivity index (χ3n) is 4.85. The van der Waals surface area contributed by atoms with Crippen molar-refractivity contribution in [1.29, 1.82) is 0 Å². The van der Waals surface area contributed by atoms with Crippen LogP contribution in [0.3, 0.4) is 0 Å². The number of rotatable bonds is 5. The average Bonchev–Trinajstić information content (AvgIpc) is 2.34. The molecule has 0 heterocycles. The highest BCUT2D eigenvalue weighted by Crippen LogP contribution is 2.36. The maximum Gasteiger partial charge on any atom is 0.00998 e. The zero-order valence-corrected chi connectivity index (χ0v) is 16.0. The van der Waals surface area contributed by atoms with E-state index in [9.17, 15) is 0 Å². The van der Waals surface area contributed by atoms with Crippen molar-refractivity contribution in [3.8, 4) is 0 Å². The zero-order valence-electron chi connectivity index (χ0n) is 16.0. The maximum absolute atomic E-state index is 4.36. The lowest BCUT2D eigenvalue weighted by Gasteiger charge is -2.28. The summed E-state index contributed by atoms with van der Waals surface area (Å²) in [7, 11) is 0. The van der Waals surface area contributed by atoms with Crippen LogP contribution in [0.25, 0.3) is 5.57 Å². The second kappa shape index (κ2) is 6.44. The molecule has 0 spiro atoms. The molecule has 0 heteroatoms. The summed E-state index contributed by atoms with van der Waals surface area (Å²) in [6, 6.07) is 4.64. The van der Waals surface area contributed by atoms with E-state index in [1.807, 2.05) is 0 Å². The van der Waals surface area contributed by atoms with Crippen LogP contribution in [0.4, 0.5) is 0 Å². The normalized spacial score (nSPS) is 12.4. The molecule has 1 aromatic carbocycles. The van der Waals surface area contributed by atoms with Gasteiger partial charge in [0, 0.05) is 5.41 Å². The van der Waals surface area contributed by atoms with Gasteiger partial charge in [0.15, 0.2) is 0 Å². The quantitative estimate of drug-likeness (QED) is 0.513. The Hall–Kier alpha value is -1.30. The van der Waals surface area contributed by atoms with Crippen LogP contribution in [-0.4, -0.2) is 0 Å². The van der Waals surface area contributed by atoms with Gasteiger partial charge in [-0.2, -0.15) is 0 Å². The Morgan fingerprint density at radius 3 is 1.77 bits per heavy atom. The first-order valence-corrected chi connectivity index (χ1v) is 8.32. The van der Waals surface area contributed by atoms with Crippen molar-refractivity contribution in [3.63, 3.8) is 0 Å². The number of benzene rings is 1. The second-order valence-corrected chi connectivity index (χ2v) is 8.55. The van der Waals surface area contributed by atoms with E-state index in [-0.39, 0.29) is 5.41 Å². The Balaban J connectivity index is 3.16. The van der Waals surface area contributed by atoms with E-state index < -0.39 is 0 Å². The van der Waals surface area contributed by atoms with Gasteiger partial charge in [-0.15, -0.1) is 0 Å². The predicted molar refractivity (Wildman–Crippen MR) is 101 cm³/mol. The standard InChI is InChI=1S/C22H34/c1-15(2)22(9,10)19-13-17(4)20(18(5)14-19)16(3)11-12-21(6,7)8/h13-14H,1,3,11-12H2,2,4-10H3. The third-order valence-corrected chi connectivity index (χ3v) is 4.85. The lowest BCUT2D eigenvalue weighted by molar-refractivity contribution is 0.384. The molecule has 0 unspecified atom stereocenters. The number of allylic oxidation sites excluding steroid dienone is 2. The number of hydrogen-bond acceptors (Lipinski definition) is 0. The number of aryl methyl sites for hydroxylation is 2. The molecule has 0 fully saturated rings. The van der Waals surface area contributed by atoms with Crippen molar-refractivity contribution in [2.45, 2.75) is 73.6 Å². The zero-order chi connectivity index (χ0) is 17.3. The van der Waals surface area contributed by atoms with E-state index >= 15 is 0 Å². The summed E-state index contributed by atoms with van der Waals surface area (Å²) in [6.07, 6.45) is 2.23. The fraction of sp³-hybridized carbons (Fsp3) is 0.545. The van der Waals surface area contributed by atoms with Crippen LogP contribution in [-0.2, 0) is 5.41 Å². The van der Waals surface area contributed by atoms with E-state index in [1.54, 1.807) is 0 Å². The molecular weight excluding hydrogens is 264 g/mol. The van der Waals surface area contributed by atoms with Crippen LogP contribution in [0, 0.1) is 19.3 Å². The topological polar surface area (TPSA) is 0 Å². The Labute approximate surface area is 138 Å². The van der Waals surface area contributed by atoms with Gasteiger partial charge in [-0.3, -0.25) is 0 Å². The molecular formula is C22H34. The van der Waals surface area contributed by atoms with Gasteiger partial charge in [0.2, 0.25) is 0 Å². The fourth-order valence-electron chi connectivity index (χ4n) is 2.78. The molecule has 0 radical (unpaired) electrons. The molecule has 1 rings (SSSR count).